The highest BCUT2D eigenvalue weighted by molar-refractivity contribution is 7.92. The van der Waals surface area contributed by atoms with Gasteiger partial charge in [-0.3, -0.25) is 14.3 Å². The second-order valence-electron chi connectivity index (χ2n) is 6.61. The van der Waals surface area contributed by atoms with Crippen molar-refractivity contribution >= 4 is 38.9 Å². The van der Waals surface area contributed by atoms with Crippen molar-refractivity contribution in [3.8, 4) is 0 Å². The minimum Gasteiger partial charge on any atom is -0.326 e. The van der Waals surface area contributed by atoms with E-state index in [1.165, 1.54) is 19.1 Å². The summed E-state index contributed by atoms with van der Waals surface area (Å²) in [5.41, 5.74) is 2.34. The van der Waals surface area contributed by atoms with Crippen LogP contribution < -0.4 is 15.4 Å². The van der Waals surface area contributed by atoms with Gasteiger partial charge in [-0.1, -0.05) is 24.3 Å². The van der Waals surface area contributed by atoms with Gasteiger partial charge < -0.3 is 10.6 Å². The summed E-state index contributed by atoms with van der Waals surface area (Å²) in [4.78, 5) is 24.0. The molecule has 0 unspecified atom stereocenters. The number of anilines is 3. The molecule has 0 radical (unpaired) electrons. The molecule has 0 atom stereocenters. The Morgan fingerprint density at radius 2 is 1.37 bits per heavy atom. The molecule has 0 heterocycles. The molecule has 0 fully saturated rings. The second kappa shape index (κ2) is 8.79. The zero-order chi connectivity index (χ0) is 21.7. The van der Waals surface area contributed by atoms with Gasteiger partial charge in [0.25, 0.3) is 15.9 Å². The SMILES string of the molecule is CC(=O)Nc1ccc(NC(=O)c2cccc(NS(=O)(=O)c3ccccc3)c2C)cc1. The van der Waals surface area contributed by atoms with Crippen LogP contribution in [0.4, 0.5) is 17.1 Å². The number of hydrogen-bond acceptors (Lipinski definition) is 4. The topological polar surface area (TPSA) is 104 Å². The van der Waals surface area contributed by atoms with Crippen LogP contribution >= 0.6 is 0 Å². The van der Waals surface area contributed by atoms with Crippen molar-refractivity contribution in [3.05, 3.63) is 83.9 Å². The number of carbonyl (C=O) groups excluding carboxylic acids is 2. The van der Waals surface area contributed by atoms with E-state index in [9.17, 15) is 18.0 Å². The van der Waals surface area contributed by atoms with Gasteiger partial charge in [0.1, 0.15) is 0 Å². The van der Waals surface area contributed by atoms with Crippen LogP contribution in [0.25, 0.3) is 0 Å². The van der Waals surface area contributed by atoms with Crippen molar-refractivity contribution in [1.29, 1.82) is 0 Å². The monoisotopic (exact) mass is 423 g/mol. The lowest BCUT2D eigenvalue weighted by atomic mass is 10.1. The van der Waals surface area contributed by atoms with Crippen LogP contribution in [0, 0.1) is 6.92 Å². The molecule has 0 saturated carbocycles. The van der Waals surface area contributed by atoms with E-state index in [4.69, 9.17) is 0 Å². The highest BCUT2D eigenvalue weighted by atomic mass is 32.2. The molecular weight excluding hydrogens is 402 g/mol. The summed E-state index contributed by atoms with van der Waals surface area (Å²) in [6, 6.07) is 19.5. The van der Waals surface area contributed by atoms with E-state index in [1.807, 2.05) is 0 Å². The zero-order valence-corrected chi connectivity index (χ0v) is 17.3. The van der Waals surface area contributed by atoms with Gasteiger partial charge in [0.15, 0.2) is 0 Å². The van der Waals surface area contributed by atoms with Crippen LogP contribution in [0.3, 0.4) is 0 Å². The minimum absolute atomic E-state index is 0.138. The van der Waals surface area contributed by atoms with Crippen LogP contribution in [-0.4, -0.2) is 20.2 Å². The minimum atomic E-state index is -3.77. The van der Waals surface area contributed by atoms with Crippen LogP contribution in [0.1, 0.15) is 22.8 Å². The van der Waals surface area contributed by atoms with Crippen LogP contribution in [0.15, 0.2) is 77.7 Å². The summed E-state index contributed by atoms with van der Waals surface area (Å²) in [6.45, 7) is 3.09. The van der Waals surface area contributed by atoms with E-state index in [-0.39, 0.29) is 16.7 Å². The highest BCUT2D eigenvalue weighted by Crippen LogP contribution is 2.24. The summed E-state index contributed by atoms with van der Waals surface area (Å²) in [7, 11) is -3.77. The third kappa shape index (κ3) is 5.03. The molecule has 3 rings (SSSR count). The van der Waals surface area contributed by atoms with Gasteiger partial charge in [0, 0.05) is 23.9 Å². The molecule has 8 heteroatoms. The lowest BCUT2D eigenvalue weighted by Crippen LogP contribution is -2.17. The number of benzene rings is 3. The maximum absolute atomic E-state index is 12.7. The molecule has 0 spiro atoms. The third-order valence-electron chi connectivity index (χ3n) is 4.34. The molecule has 0 saturated heterocycles. The van der Waals surface area contributed by atoms with Crippen LogP contribution in [0.5, 0.6) is 0 Å². The average molecular weight is 423 g/mol. The van der Waals surface area contributed by atoms with Gasteiger partial charge in [0.05, 0.1) is 10.6 Å². The first-order valence-corrected chi connectivity index (χ1v) is 10.6. The molecule has 3 aromatic carbocycles. The molecule has 0 aliphatic rings. The molecule has 154 valence electrons. The molecule has 2 amide bonds. The fourth-order valence-electron chi connectivity index (χ4n) is 2.83. The Labute approximate surface area is 175 Å². The smallest absolute Gasteiger partial charge is 0.261 e. The van der Waals surface area contributed by atoms with Gasteiger partial charge in [-0.15, -0.1) is 0 Å². The Morgan fingerprint density at radius 3 is 1.97 bits per heavy atom. The van der Waals surface area contributed by atoms with E-state index in [1.54, 1.807) is 67.6 Å². The summed E-state index contributed by atoms with van der Waals surface area (Å²) in [5, 5.41) is 5.42. The molecule has 7 nitrogen and oxygen atoms in total. The number of hydrogen-bond donors (Lipinski definition) is 3. The van der Waals surface area contributed by atoms with Crippen molar-refractivity contribution in [2.24, 2.45) is 0 Å². The first kappa shape index (κ1) is 21.1. The lowest BCUT2D eigenvalue weighted by Gasteiger charge is -2.14. The fraction of sp³-hybridized carbons (Fsp3) is 0.0909. The fourth-order valence-corrected chi connectivity index (χ4v) is 3.98. The summed E-state index contributed by atoms with van der Waals surface area (Å²) < 4.78 is 27.7. The number of nitrogens with one attached hydrogen (secondary N) is 3. The lowest BCUT2D eigenvalue weighted by molar-refractivity contribution is -0.114. The predicted octanol–water partition coefficient (Wildman–Crippen LogP) is 4.01. The maximum atomic E-state index is 12.7. The number of amides is 2. The maximum Gasteiger partial charge on any atom is 0.261 e. The van der Waals surface area contributed by atoms with E-state index >= 15 is 0 Å². The first-order chi connectivity index (χ1) is 14.3. The van der Waals surface area contributed by atoms with E-state index in [0.717, 1.165) is 0 Å². The molecule has 0 bridgehead atoms. The first-order valence-electron chi connectivity index (χ1n) is 9.13. The number of rotatable bonds is 6. The Hall–Kier alpha value is -3.65. The normalized spacial score (nSPS) is 10.9. The molecule has 0 aliphatic carbocycles. The van der Waals surface area contributed by atoms with Crippen LogP contribution in [0.2, 0.25) is 0 Å². The summed E-state index contributed by atoms with van der Waals surface area (Å²) in [6.07, 6.45) is 0. The molecular formula is C22H21N3O4S. The molecule has 3 N–H and O–H groups in total. The van der Waals surface area contributed by atoms with Crippen molar-refractivity contribution in [2.45, 2.75) is 18.7 Å². The predicted molar refractivity (Wildman–Crippen MR) is 117 cm³/mol. The largest absolute Gasteiger partial charge is 0.326 e. The van der Waals surface area contributed by atoms with E-state index in [2.05, 4.69) is 15.4 Å². The van der Waals surface area contributed by atoms with Crippen LogP contribution in [-0.2, 0) is 14.8 Å². The Morgan fingerprint density at radius 1 is 0.767 bits per heavy atom. The number of sulfonamides is 1. The highest BCUT2D eigenvalue weighted by Gasteiger charge is 2.18. The van der Waals surface area contributed by atoms with E-state index in [0.29, 0.717) is 28.2 Å². The van der Waals surface area contributed by atoms with Crippen molar-refractivity contribution < 1.29 is 18.0 Å². The molecule has 30 heavy (non-hydrogen) atoms. The standard InChI is InChI=1S/C22H21N3O4S/c1-15-20(22(27)24-18-13-11-17(12-14-18)23-16(2)26)9-6-10-21(15)25-30(28,29)19-7-4-3-5-8-19/h3-14,25H,1-2H3,(H,23,26)(H,24,27). The molecule has 0 aromatic heterocycles. The van der Waals surface area contributed by atoms with Gasteiger partial charge in [-0.2, -0.15) is 0 Å². The Kier molecular flexibility index (Phi) is 6.17. The number of carbonyl (C=O) groups is 2. The van der Waals surface area contributed by atoms with Crippen molar-refractivity contribution in [1.82, 2.24) is 0 Å². The summed E-state index contributed by atoms with van der Waals surface area (Å²) >= 11 is 0. The average Bonchev–Trinajstić information content (AvgIpc) is 2.71. The second-order valence-corrected chi connectivity index (χ2v) is 8.29. The molecule has 0 aliphatic heterocycles. The Balaban J connectivity index is 1.79. The Bertz CT molecular complexity index is 1170. The van der Waals surface area contributed by atoms with Gasteiger partial charge in [0.2, 0.25) is 5.91 Å². The zero-order valence-electron chi connectivity index (χ0n) is 16.5. The van der Waals surface area contributed by atoms with E-state index < -0.39 is 10.0 Å². The third-order valence-corrected chi connectivity index (χ3v) is 5.72. The quantitative estimate of drug-likeness (QED) is 0.557. The van der Waals surface area contributed by atoms with Crippen molar-refractivity contribution in [2.75, 3.05) is 15.4 Å². The molecule has 3 aromatic rings. The van der Waals surface area contributed by atoms with Gasteiger partial charge >= 0.3 is 0 Å². The van der Waals surface area contributed by atoms with Gasteiger partial charge in [-0.25, -0.2) is 8.42 Å². The van der Waals surface area contributed by atoms with Crippen molar-refractivity contribution in [3.63, 3.8) is 0 Å². The van der Waals surface area contributed by atoms with Gasteiger partial charge in [-0.05, 0) is 61.0 Å². The summed E-state index contributed by atoms with van der Waals surface area (Å²) in [5.74, 6) is -0.558.